The summed E-state index contributed by atoms with van der Waals surface area (Å²) in [5.41, 5.74) is 1.16. The SMILES string of the molecule is C#CC(Cc1ccccc1)NCC(O)COc1ccc(Cl)cc1. The molecule has 3 nitrogen and oxygen atoms in total. The largest absolute Gasteiger partial charge is 0.491 e. The van der Waals surface area contributed by atoms with E-state index in [4.69, 9.17) is 22.8 Å². The maximum absolute atomic E-state index is 9.99. The van der Waals surface area contributed by atoms with E-state index in [1.165, 1.54) is 0 Å². The van der Waals surface area contributed by atoms with E-state index in [-0.39, 0.29) is 12.6 Å². The van der Waals surface area contributed by atoms with Gasteiger partial charge in [0.05, 0.1) is 6.04 Å². The minimum Gasteiger partial charge on any atom is -0.491 e. The van der Waals surface area contributed by atoms with Crippen molar-refractivity contribution < 1.29 is 9.84 Å². The van der Waals surface area contributed by atoms with E-state index < -0.39 is 6.10 Å². The molecule has 0 saturated carbocycles. The van der Waals surface area contributed by atoms with Gasteiger partial charge in [-0.05, 0) is 36.2 Å². The van der Waals surface area contributed by atoms with E-state index >= 15 is 0 Å². The summed E-state index contributed by atoms with van der Waals surface area (Å²) in [4.78, 5) is 0. The van der Waals surface area contributed by atoms with Crippen LogP contribution in [0.3, 0.4) is 0 Å². The van der Waals surface area contributed by atoms with Gasteiger partial charge in [0.2, 0.25) is 0 Å². The number of aliphatic hydroxyl groups excluding tert-OH is 1. The van der Waals surface area contributed by atoms with Gasteiger partial charge in [-0.25, -0.2) is 0 Å². The molecule has 0 radical (unpaired) electrons. The average Bonchev–Trinajstić information content (AvgIpc) is 2.59. The van der Waals surface area contributed by atoms with Crippen LogP contribution in [-0.2, 0) is 6.42 Å². The van der Waals surface area contributed by atoms with Crippen molar-refractivity contribution in [3.63, 3.8) is 0 Å². The van der Waals surface area contributed by atoms with Crippen LogP contribution in [0.1, 0.15) is 5.56 Å². The molecule has 0 aliphatic heterocycles. The fourth-order valence-corrected chi connectivity index (χ4v) is 2.23. The quantitative estimate of drug-likeness (QED) is 0.732. The van der Waals surface area contributed by atoms with Gasteiger partial charge in [-0.1, -0.05) is 47.9 Å². The van der Waals surface area contributed by atoms with Gasteiger partial charge < -0.3 is 15.2 Å². The molecule has 0 amide bonds. The maximum atomic E-state index is 9.99. The van der Waals surface area contributed by atoms with E-state index in [1.54, 1.807) is 24.3 Å². The normalized spacial score (nSPS) is 13.1. The number of hydrogen-bond acceptors (Lipinski definition) is 3. The summed E-state index contributed by atoms with van der Waals surface area (Å²) in [6.45, 7) is 0.562. The fraction of sp³-hybridized carbons (Fsp3) is 0.263. The fourth-order valence-electron chi connectivity index (χ4n) is 2.10. The summed E-state index contributed by atoms with van der Waals surface area (Å²) in [5, 5.41) is 13.8. The Labute approximate surface area is 142 Å². The van der Waals surface area contributed by atoms with Crippen molar-refractivity contribution in [2.75, 3.05) is 13.2 Å². The van der Waals surface area contributed by atoms with Crippen LogP contribution in [0, 0.1) is 12.3 Å². The van der Waals surface area contributed by atoms with E-state index in [9.17, 15) is 5.11 Å². The molecule has 0 spiro atoms. The number of ether oxygens (including phenoxy) is 1. The molecule has 2 aromatic rings. The predicted molar refractivity (Wildman–Crippen MR) is 93.7 cm³/mol. The standard InChI is InChI=1S/C19H20ClNO2/c1-2-17(12-15-6-4-3-5-7-15)21-13-18(22)14-23-19-10-8-16(20)9-11-19/h1,3-11,17-18,21-22H,12-14H2. The summed E-state index contributed by atoms with van der Waals surface area (Å²) in [6.07, 6.45) is 5.63. The minimum atomic E-state index is -0.641. The van der Waals surface area contributed by atoms with Crippen LogP contribution < -0.4 is 10.1 Å². The number of benzene rings is 2. The Morgan fingerprint density at radius 3 is 2.48 bits per heavy atom. The highest BCUT2D eigenvalue weighted by molar-refractivity contribution is 6.30. The second-order valence-electron chi connectivity index (χ2n) is 5.24. The van der Waals surface area contributed by atoms with Crippen LogP contribution in [0.2, 0.25) is 5.02 Å². The summed E-state index contributed by atoms with van der Waals surface area (Å²) in [5.74, 6) is 3.38. The first-order valence-electron chi connectivity index (χ1n) is 7.47. The van der Waals surface area contributed by atoms with Crippen molar-refractivity contribution in [3.8, 4) is 18.1 Å². The van der Waals surface area contributed by atoms with Gasteiger partial charge in [0.25, 0.3) is 0 Å². The summed E-state index contributed by atoms with van der Waals surface area (Å²) < 4.78 is 5.51. The lowest BCUT2D eigenvalue weighted by molar-refractivity contribution is 0.105. The lowest BCUT2D eigenvalue weighted by Gasteiger charge is -2.17. The Kier molecular flexibility index (Phi) is 6.96. The van der Waals surface area contributed by atoms with Crippen molar-refractivity contribution in [1.29, 1.82) is 0 Å². The Balaban J connectivity index is 1.73. The first-order chi connectivity index (χ1) is 11.2. The van der Waals surface area contributed by atoms with Crippen molar-refractivity contribution in [1.82, 2.24) is 5.32 Å². The molecule has 0 saturated heterocycles. The monoisotopic (exact) mass is 329 g/mol. The molecular weight excluding hydrogens is 310 g/mol. The molecule has 2 rings (SSSR count). The predicted octanol–water partition coefficient (Wildman–Crippen LogP) is 2.91. The van der Waals surface area contributed by atoms with Crippen LogP contribution in [0.5, 0.6) is 5.75 Å². The lowest BCUT2D eigenvalue weighted by atomic mass is 10.1. The van der Waals surface area contributed by atoms with Crippen LogP contribution in [0.4, 0.5) is 0 Å². The second kappa shape index (κ2) is 9.22. The van der Waals surface area contributed by atoms with Crippen molar-refractivity contribution in [3.05, 3.63) is 65.2 Å². The van der Waals surface area contributed by atoms with Gasteiger partial charge in [0.15, 0.2) is 0 Å². The molecule has 2 aromatic carbocycles. The third kappa shape index (κ3) is 6.33. The van der Waals surface area contributed by atoms with Gasteiger partial charge in [-0.3, -0.25) is 0 Å². The van der Waals surface area contributed by atoms with Gasteiger partial charge in [-0.15, -0.1) is 6.42 Å². The molecule has 0 fully saturated rings. The lowest BCUT2D eigenvalue weighted by Crippen LogP contribution is -2.38. The zero-order valence-corrected chi connectivity index (χ0v) is 13.5. The van der Waals surface area contributed by atoms with Crippen molar-refractivity contribution >= 4 is 11.6 Å². The molecule has 0 heterocycles. The van der Waals surface area contributed by atoms with Gasteiger partial charge in [-0.2, -0.15) is 0 Å². The molecule has 4 heteroatoms. The van der Waals surface area contributed by atoms with Crippen molar-refractivity contribution in [2.24, 2.45) is 0 Å². The van der Waals surface area contributed by atoms with E-state index in [2.05, 4.69) is 11.2 Å². The van der Waals surface area contributed by atoms with Crippen LogP contribution in [0.25, 0.3) is 0 Å². The Bertz CT molecular complexity index is 622. The molecule has 0 bridgehead atoms. The Morgan fingerprint density at radius 1 is 1.13 bits per heavy atom. The number of halogens is 1. The van der Waals surface area contributed by atoms with Crippen LogP contribution in [0.15, 0.2) is 54.6 Å². The highest BCUT2D eigenvalue weighted by Gasteiger charge is 2.10. The molecule has 2 N–H and O–H groups in total. The summed E-state index contributed by atoms with van der Waals surface area (Å²) in [6, 6.07) is 16.9. The number of nitrogens with one attached hydrogen (secondary N) is 1. The molecule has 0 aromatic heterocycles. The zero-order valence-electron chi connectivity index (χ0n) is 12.8. The first-order valence-corrected chi connectivity index (χ1v) is 7.85. The minimum absolute atomic E-state index is 0.123. The second-order valence-corrected chi connectivity index (χ2v) is 5.67. The number of terminal acetylenes is 1. The average molecular weight is 330 g/mol. The Morgan fingerprint density at radius 2 is 1.83 bits per heavy atom. The maximum Gasteiger partial charge on any atom is 0.119 e. The smallest absolute Gasteiger partial charge is 0.119 e. The summed E-state index contributed by atoms with van der Waals surface area (Å²) in [7, 11) is 0. The molecule has 23 heavy (non-hydrogen) atoms. The third-order valence-corrected chi connectivity index (χ3v) is 3.59. The highest BCUT2D eigenvalue weighted by atomic mass is 35.5. The number of aliphatic hydroxyl groups is 1. The van der Waals surface area contributed by atoms with Gasteiger partial charge >= 0.3 is 0 Å². The third-order valence-electron chi connectivity index (χ3n) is 3.34. The molecule has 2 atom stereocenters. The first kappa shape index (κ1) is 17.4. The topological polar surface area (TPSA) is 41.5 Å². The van der Waals surface area contributed by atoms with Crippen LogP contribution >= 0.6 is 11.6 Å². The zero-order chi connectivity index (χ0) is 16.5. The van der Waals surface area contributed by atoms with Crippen LogP contribution in [-0.4, -0.2) is 30.4 Å². The van der Waals surface area contributed by atoms with Crippen molar-refractivity contribution in [2.45, 2.75) is 18.6 Å². The van der Waals surface area contributed by atoms with Gasteiger partial charge in [0.1, 0.15) is 18.5 Å². The molecule has 0 aliphatic carbocycles. The van der Waals surface area contributed by atoms with E-state index in [1.807, 2.05) is 30.3 Å². The molecule has 120 valence electrons. The summed E-state index contributed by atoms with van der Waals surface area (Å²) >= 11 is 5.81. The van der Waals surface area contributed by atoms with E-state index in [0.29, 0.717) is 17.3 Å². The number of rotatable bonds is 8. The molecule has 2 unspecified atom stereocenters. The van der Waals surface area contributed by atoms with E-state index in [0.717, 1.165) is 12.0 Å². The Hall–Kier alpha value is -1.99. The molecular formula is C19H20ClNO2. The highest BCUT2D eigenvalue weighted by Crippen LogP contribution is 2.15. The number of hydrogen-bond donors (Lipinski definition) is 2. The van der Waals surface area contributed by atoms with Gasteiger partial charge in [0, 0.05) is 11.6 Å². The molecule has 0 aliphatic rings.